The van der Waals surface area contributed by atoms with Crippen molar-refractivity contribution in [3.63, 3.8) is 0 Å². The summed E-state index contributed by atoms with van der Waals surface area (Å²) in [6.07, 6.45) is 1.58. The van der Waals surface area contributed by atoms with Crippen LogP contribution in [0.25, 0.3) is 10.9 Å². The van der Waals surface area contributed by atoms with Crippen molar-refractivity contribution in [2.75, 3.05) is 24.4 Å². The molecule has 1 saturated heterocycles. The van der Waals surface area contributed by atoms with Crippen LogP contribution in [0.5, 0.6) is 0 Å². The van der Waals surface area contributed by atoms with Crippen molar-refractivity contribution < 1.29 is 26.4 Å². The van der Waals surface area contributed by atoms with Crippen molar-refractivity contribution in [2.24, 2.45) is 0 Å². The standard InChI is InChI=1S/C27H33N5O6S2/c1-6-20-17-31(13-14-32(20)26(33)38-27(3,4)5)40(36,37)22-10-8-21(9-11-22)39(34,35)30-23-12-7-18(2)24-19(15-28)16-29-25(23)24/h7-12,16,20,29-30H,6,13-14,17H2,1-5H3. The molecule has 1 unspecified atom stereocenters. The molecule has 1 amide bonds. The number of piperazine rings is 1. The summed E-state index contributed by atoms with van der Waals surface area (Å²) in [5.74, 6) is 0. The number of aromatic nitrogens is 1. The van der Waals surface area contributed by atoms with Crippen LogP contribution in [0.4, 0.5) is 10.5 Å². The molecule has 1 aromatic heterocycles. The Morgan fingerprint density at radius 3 is 2.35 bits per heavy atom. The zero-order valence-corrected chi connectivity index (χ0v) is 24.7. The zero-order chi connectivity index (χ0) is 29.5. The van der Waals surface area contributed by atoms with Gasteiger partial charge in [0, 0.05) is 37.3 Å². The average molecular weight is 588 g/mol. The minimum atomic E-state index is -4.07. The molecule has 4 rings (SSSR count). The number of benzene rings is 2. The molecular formula is C27H33N5O6S2. The predicted molar refractivity (Wildman–Crippen MR) is 151 cm³/mol. The molecule has 0 bridgehead atoms. The highest BCUT2D eigenvalue weighted by Gasteiger charge is 2.37. The van der Waals surface area contributed by atoms with Gasteiger partial charge in [-0.3, -0.25) is 4.72 Å². The fraction of sp³-hybridized carbons (Fsp3) is 0.407. The van der Waals surface area contributed by atoms with Gasteiger partial charge in [0.1, 0.15) is 11.7 Å². The molecule has 2 heterocycles. The fourth-order valence-corrected chi connectivity index (χ4v) is 7.23. The summed E-state index contributed by atoms with van der Waals surface area (Å²) < 4.78 is 62.4. The summed E-state index contributed by atoms with van der Waals surface area (Å²) in [5, 5.41) is 9.98. The summed E-state index contributed by atoms with van der Waals surface area (Å²) in [5.41, 5.74) is 1.31. The number of aromatic amines is 1. The minimum absolute atomic E-state index is 0.0484. The molecule has 40 heavy (non-hydrogen) atoms. The number of nitrogens with zero attached hydrogens (tertiary/aromatic N) is 3. The van der Waals surface area contributed by atoms with E-state index in [1.54, 1.807) is 37.8 Å². The van der Waals surface area contributed by atoms with Gasteiger partial charge in [0.25, 0.3) is 10.0 Å². The lowest BCUT2D eigenvalue weighted by atomic mass is 10.1. The lowest BCUT2D eigenvalue weighted by Crippen LogP contribution is -2.57. The predicted octanol–water partition coefficient (Wildman–Crippen LogP) is 4.17. The first-order valence-corrected chi connectivity index (χ1v) is 15.7. The normalized spacial score (nSPS) is 17.0. The Morgan fingerprint density at radius 2 is 1.75 bits per heavy atom. The van der Waals surface area contributed by atoms with Crippen LogP contribution in [0.1, 0.15) is 45.2 Å². The number of anilines is 1. The Kier molecular flexibility index (Phi) is 7.90. The topological polar surface area (TPSA) is 153 Å². The summed E-state index contributed by atoms with van der Waals surface area (Å²) in [7, 11) is -8.01. The molecule has 3 aromatic rings. The highest BCUT2D eigenvalue weighted by atomic mass is 32.2. The maximum Gasteiger partial charge on any atom is 0.410 e. The smallest absolute Gasteiger partial charge is 0.410 e. The van der Waals surface area contributed by atoms with E-state index < -0.39 is 31.7 Å². The number of aryl methyl sites for hydroxylation is 1. The van der Waals surface area contributed by atoms with Gasteiger partial charge in [-0.15, -0.1) is 0 Å². The molecule has 1 atom stereocenters. The van der Waals surface area contributed by atoms with E-state index in [0.29, 0.717) is 22.9 Å². The second-order valence-electron chi connectivity index (χ2n) is 10.7. The third-order valence-electron chi connectivity index (χ3n) is 6.73. The average Bonchev–Trinajstić information content (AvgIpc) is 3.34. The van der Waals surface area contributed by atoms with Gasteiger partial charge in [-0.05, 0) is 70.0 Å². The summed E-state index contributed by atoms with van der Waals surface area (Å²) in [6, 6.07) is 10.1. The van der Waals surface area contributed by atoms with Gasteiger partial charge >= 0.3 is 6.09 Å². The second-order valence-corrected chi connectivity index (χ2v) is 14.3. The summed E-state index contributed by atoms with van der Waals surface area (Å²) in [4.78, 5) is 17.0. The van der Waals surface area contributed by atoms with Crippen molar-refractivity contribution in [3.05, 3.63) is 53.7 Å². The van der Waals surface area contributed by atoms with Crippen LogP contribution in [-0.4, -0.2) is 68.4 Å². The van der Waals surface area contributed by atoms with Gasteiger partial charge in [-0.25, -0.2) is 21.6 Å². The van der Waals surface area contributed by atoms with E-state index in [4.69, 9.17) is 4.74 Å². The van der Waals surface area contributed by atoms with Gasteiger partial charge in [0.15, 0.2) is 0 Å². The summed E-state index contributed by atoms with van der Waals surface area (Å²) in [6.45, 7) is 9.40. The number of ether oxygens (including phenoxy) is 1. The van der Waals surface area contributed by atoms with Crippen molar-refractivity contribution in [1.82, 2.24) is 14.2 Å². The Balaban J connectivity index is 1.52. The molecule has 214 valence electrons. The monoisotopic (exact) mass is 587 g/mol. The number of carbonyl (C=O) groups excluding carboxylic acids is 1. The molecular weight excluding hydrogens is 554 g/mol. The number of amides is 1. The molecule has 1 aliphatic heterocycles. The van der Waals surface area contributed by atoms with E-state index in [0.717, 1.165) is 5.56 Å². The van der Waals surface area contributed by atoms with E-state index >= 15 is 0 Å². The maximum atomic E-state index is 13.4. The van der Waals surface area contributed by atoms with Gasteiger partial charge in [0.2, 0.25) is 10.0 Å². The Labute approximate surface area is 234 Å². The van der Waals surface area contributed by atoms with Crippen LogP contribution < -0.4 is 4.72 Å². The van der Waals surface area contributed by atoms with Crippen molar-refractivity contribution in [2.45, 2.75) is 62.5 Å². The Morgan fingerprint density at radius 1 is 1.10 bits per heavy atom. The molecule has 0 radical (unpaired) electrons. The molecule has 0 saturated carbocycles. The molecule has 1 aliphatic rings. The van der Waals surface area contributed by atoms with E-state index in [1.807, 2.05) is 13.8 Å². The van der Waals surface area contributed by atoms with Gasteiger partial charge in [-0.1, -0.05) is 13.0 Å². The summed E-state index contributed by atoms with van der Waals surface area (Å²) >= 11 is 0. The number of rotatable bonds is 6. The number of carbonyl (C=O) groups is 1. The third kappa shape index (κ3) is 5.79. The highest BCUT2D eigenvalue weighted by Crippen LogP contribution is 2.30. The van der Waals surface area contributed by atoms with E-state index in [-0.39, 0.29) is 41.2 Å². The zero-order valence-electron chi connectivity index (χ0n) is 23.1. The SMILES string of the molecule is CCC1CN(S(=O)(=O)c2ccc(S(=O)(=O)Nc3ccc(C)c4c(C#N)c[nH]c34)cc2)CCN1C(=O)OC(C)(C)C. The molecule has 0 spiro atoms. The maximum absolute atomic E-state index is 13.4. The fourth-order valence-electron chi connectivity index (χ4n) is 4.69. The molecule has 0 aliphatic carbocycles. The van der Waals surface area contributed by atoms with Crippen LogP contribution in [0.15, 0.2) is 52.4 Å². The Bertz CT molecular complexity index is 1680. The lowest BCUT2D eigenvalue weighted by Gasteiger charge is -2.40. The largest absolute Gasteiger partial charge is 0.444 e. The van der Waals surface area contributed by atoms with Gasteiger partial charge in [0.05, 0.1) is 26.6 Å². The molecule has 2 aromatic carbocycles. The van der Waals surface area contributed by atoms with Gasteiger partial charge < -0.3 is 14.6 Å². The minimum Gasteiger partial charge on any atom is -0.444 e. The van der Waals surface area contributed by atoms with Crippen molar-refractivity contribution >= 4 is 42.7 Å². The first-order chi connectivity index (χ1) is 18.7. The molecule has 2 N–H and O–H groups in total. The van der Waals surface area contributed by atoms with E-state index in [2.05, 4.69) is 15.8 Å². The number of fused-ring (bicyclic) bond motifs is 1. The van der Waals surface area contributed by atoms with Gasteiger partial charge in [-0.2, -0.15) is 9.57 Å². The third-order valence-corrected chi connectivity index (χ3v) is 9.99. The molecule has 13 heteroatoms. The number of sulfonamides is 2. The van der Waals surface area contributed by atoms with Crippen LogP contribution in [0.2, 0.25) is 0 Å². The number of H-pyrrole nitrogens is 1. The lowest BCUT2D eigenvalue weighted by molar-refractivity contribution is 0.00569. The molecule has 1 fully saturated rings. The van der Waals surface area contributed by atoms with Crippen molar-refractivity contribution in [3.8, 4) is 6.07 Å². The highest BCUT2D eigenvalue weighted by molar-refractivity contribution is 7.92. The first kappa shape index (κ1) is 29.4. The Hall–Kier alpha value is -3.60. The van der Waals surface area contributed by atoms with E-state index in [9.17, 15) is 26.9 Å². The van der Waals surface area contributed by atoms with E-state index in [1.165, 1.54) is 34.8 Å². The van der Waals surface area contributed by atoms with Crippen LogP contribution in [0, 0.1) is 18.3 Å². The quantitative estimate of drug-likeness (QED) is 0.439. The van der Waals surface area contributed by atoms with Crippen LogP contribution in [0.3, 0.4) is 0 Å². The number of hydrogen-bond donors (Lipinski definition) is 2. The van der Waals surface area contributed by atoms with Crippen LogP contribution >= 0.6 is 0 Å². The second kappa shape index (κ2) is 10.8. The number of nitrogens with one attached hydrogen (secondary N) is 2. The molecule has 11 nitrogen and oxygen atoms in total. The van der Waals surface area contributed by atoms with Crippen LogP contribution in [-0.2, 0) is 24.8 Å². The number of nitriles is 1. The first-order valence-electron chi connectivity index (χ1n) is 12.8. The number of hydrogen-bond acceptors (Lipinski definition) is 7. The van der Waals surface area contributed by atoms with Crippen molar-refractivity contribution in [1.29, 1.82) is 5.26 Å².